The Kier molecular flexibility index (Phi) is 3.77. The van der Waals surface area contributed by atoms with Crippen molar-refractivity contribution in [2.24, 2.45) is 0 Å². The minimum atomic E-state index is -0.291. The number of aromatic hydroxyl groups is 3. The molecule has 100 valence electrons. The smallest absolute Gasteiger partial charge is 0.122 e. The van der Waals surface area contributed by atoms with Crippen molar-refractivity contribution in [2.75, 3.05) is 0 Å². The highest BCUT2D eigenvalue weighted by Gasteiger charge is 2.06. The van der Waals surface area contributed by atoms with E-state index in [0.717, 1.165) is 0 Å². The van der Waals surface area contributed by atoms with Crippen LogP contribution >= 0.6 is 0 Å². The van der Waals surface area contributed by atoms with E-state index in [1.165, 1.54) is 30.3 Å². The zero-order valence-corrected chi connectivity index (χ0v) is 10.1. The lowest BCUT2D eigenvalue weighted by molar-refractivity contribution is 0.270. The molecule has 0 aliphatic rings. The molecule has 0 aromatic heterocycles. The lowest BCUT2D eigenvalue weighted by atomic mass is 10.2. The summed E-state index contributed by atoms with van der Waals surface area (Å²) in [5.41, 5.74) is 0.802. The van der Waals surface area contributed by atoms with E-state index in [1.807, 2.05) is 0 Å². The van der Waals surface area contributed by atoms with Crippen LogP contribution in [0.5, 0.6) is 23.0 Å². The standard InChI is InChI=1S/C14H14O5/c15-7-9-6-12(2-4-13(9)17)19-8-10-5-11(16)1-3-14(10)18/h1-6,15-18H,7-8H2. The van der Waals surface area contributed by atoms with Crippen molar-refractivity contribution < 1.29 is 25.2 Å². The number of aliphatic hydroxyl groups is 1. The minimum absolute atomic E-state index is 0.00458. The molecule has 19 heavy (non-hydrogen) atoms. The predicted octanol–water partition coefficient (Wildman–Crippen LogP) is 1.87. The van der Waals surface area contributed by atoms with Gasteiger partial charge in [0.25, 0.3) is 0 Å². The quantitative estimate of drug-likeness (QED) is 0.632. The van der Waals surface area contributed by atoms with Crippen LogP contribution in [0.4, 0.5) is 0 Å². The average Bonchev–Trinajstić information content (AvgIpc) is 2.41. The molecule has 2 aromatic rings. The Morgan fingerprint density at radius 1 is 0.842 bits per heavy atom. The van der Waals surface area contributed by atoms with Crippen LogP contribution in [0.15, 0.2) is 36.4 Å². The number of phenolic OH excluding ortho intramolecular Hbond substituents is 2. The van der Waals surface area contributed by atoms with E-state index in [4.69, 9.17) is 9.84 Å². The molecule has 0 atom stereocenters. The molecule has 5 nitrogen and oxygen atoms in total. The van der Waals surface area contributed by atoms with Gasteiger partial charge in [0, 0.05) is 11.1 Å². The summed E-state index contributed by atoms with van der Waals surface area (Å²) < 4.78 is 5.43. The molecule has 0 amide bonds. The Bertz CT molecular complexity index is 580. The molecule has 5 heteroatoms. The van der Waals surface area contributed by atoms with Crippen LogP contribution in [0.25, 0.3) is 0 Å². The normalized spacial score (nSPS) is 10.4. The van der Waals surface area contributed by atoms with Gasteiger partial charge in [0.2, 0.25) is 0 Å². The summed E-state index contributed by atoms with van der Waals surface area (Å²) >= 11 is 0. The summed E-state index contributed by atoms with van der Waals surface area (Å²) in [5, 5.41) is 37.3. The maximum Gasteiger partial charge on any atom is 0.122 e. The molecule has 4 N–H and O–H groups in total. The van der Waals surface area contributed by atoms with Gasteiger partial charge in [-0.25, -0.2) is 0 Å². The van der Waals surface area contributed by atoms with Gasteiger partial charge in [-0.1, -0.05) is 0 Å². The summed E-state index contributed by atoms with van der Waals surface area (Å²) in [6.07, 6.45) is 0. The maximum absolute atomic E-state index is 9.59. The molecule has 0 saturated carbocycles. The van der Waals surface area contributed by atoms with Crippen LogP contribution in [0.3, 0.4) is 0 Å². The molecule has 2 rings (SSSR count). The Morgan fingerprint density at radius 2 is 1.53 bits per heavy atom. The van der Waals surface area contributed by atoms with Crippen LogP contribution in [0.2, 0.25) is 0 Å². The van der Waals surface area contributed by atoms with E-state index in [-0.39, 0.29) is 30.5 Å². The molecular formula is C14H14O5. The fourth-order valence-electron chi connectivity index (χ4n) is 1.63. The van der Waals surface area contributed by atoms with Gasteiger partial charge >= 0.3 is 0 Å². The first-order valence-electron chi connectivity index (χ1n) is 5.66. The first-order valence-corrected chi connectivity index (χ1v) is 5.66. The summed E-state index contributed by atoms with van der Waals surface area (Å²) in [4.78, 5) is 0. The van der Waals surface area contributed by atoms with Gasteiger partial charge in [-0.2, -0.15) is 0 Å². The monoisotopic (exact) mass is 262 g/mol. The number of phenols is 3. The SMILES string of the molecule is OCc1cc(OCc2cc(O)ccc2O)ccc1O. The van der Waals surface area contributed by atoms with Crippen molar-refractivity contribution >= 4 is 0 Å². The van der Waals surface area contributed by atoms with Crippen LogP contribution in [-0.4, -0.2) is 20.4 Å². The van der Waals surface area contributed by atoms with Crippen LogP contribution in [-0.2, 0) is 13.2 Å². The molecule has 0 spiro atoms. The van der Waals surface area contributed by atoms with E-state index in [0.29, 0.717) is 16.9 Å². The number of ether oxygens (including phenoxy) is 1. The maximum atomic E-state index is 9.59. The van der Waals surface area contributed by atoms with E-state index in [1.54, 1.807) is 6.07 Å². The molecule has 0 aliphatic carbocycles. The van der Waals surface area contributed by atoms with E-state index in [2.05, 4.69) is 0 Å². The average molecular weight is 262 g/mol. The second-order valence-corrected chi connectivity index (χ2v) is 4.05. The largest absolute Gasteiger partial charge is 0.508 e. The number of hydrogen-bond donors (Lipinski definition) is 4. The van der Waals surface area contributed by atoms with Crippen LogP contribution in [0, 0.1) is 0 Å². The Hall–Kier alpha value is -2.40. The summed E-state index contributed by atoms with van der Waals surface area (Å²) in [6, 6.07) is 8.64. The summed E-state index contributed by atoms with van der Waals surface area (Å²) in [6.45, 7) is -0.226. The van der Waals surface area contributed by atoms with Gasteiger partial charge in [0.15, 0.2) is 0 Å². The van der Waals surface area contributed by atoms with Crippen LogP contribution < -0.4 is 4.74 Å². The Balaban J connectivity index is 2.12. The van der Waals surface area contributed by atoms with Gasteiger partial charge in [-0.15, -0.1) is 0 Å². The third-order valence-corrected chi connectivity index (χ3v) is 2.68. The molecule has 2 aromatic carbocycles. The highest BCUT2D eigenvalue weighted by Crippen LogP contribution is 2.26. The molecule has 0 unspecified atom stereocenters. The van der Waals surface area contributed by atoms with Gasteiger partial charge in [-0.3, -0.25) is 0 Å². The predicted molar refractivity (Wildman–Crippen MR) is 68.1 cm³/mol. The van der Waals surface area contributed by atoms with Crippen LogP contribution in [0.1, 0.15) is 11.1 Å². The first-order chi connectivity index (χ1) is 9.10. The second kappa shape index (κ2) is 5.49. The molecule has 0 fully saturated rings. The fraction of sp³-hybridized carbons (Fsp3) is 0.143. The number of benzene rings is 2. The van der Waals surface area contributed by atoms with Gasteiger partial charge in [-0.05, 0) is 36.4 Å². The van der Waals surface area contributed by atoms with Crippen molar-refractivity contribution in [2.45, 2.75) is 13.2 Å². The summed E-state index contributed by atoms with van der Waals surface area (Å²) in [7, 11) is 0. The second-order valence-electron chi connectivity index (χ2n) is 4.05. The third-order valence-electron chi connectivity index (χ3n) is 2.68. The van der Waals surface area contributed by atoms with Crippen molar-refractivity contribution in [3.63, 3.8) is 0 Å². The zero-order valence-electron chi connectivity index (χ0n) is 10.1. The first kappa shape index (κ1) is 13.0. The molecular weight excluding hydrogens is 248 g/mol. The van der Waals surface area contributed by atoms with Crippen molar-refractivity contribution in [1.82, 2.24) is 0 Å². The topological polar surface area (TPSA) is 90.2 Å². The fourth-order valence-corrected chi connectivity index (χ4v) is 1.63. The lowest BCUT2D eigenvalue weighted by Crippen LogP contribution is -1.96. The number of rotatable bonds is 4. The lowest BCUT2D eigenvalue weighted by Gasteiger charge is -2.10. The molecule has 0 radical (unpaired) electrons. The van der Waals surface area contributed by atoms with Gasteiger partial charge < -0.3 is 25.2 Å². The molecule has 0 heterocycles. The zero-order chi connectivity index (χ0) is 13.8. The number of hydrogen-bond acceptors (Lipinski definition) is 5. The molecule has 0 bridgehead atoms. The summed E-state index contributed by atoms with van der Waals surface area (Å²) in [5.74, 6) is 0.511. The van der Waals surface area contributed by atoms with Crippen molar-refractivity contribution in [3.05, 3.63) is 47.5 Å². The van der Waals surface area contributed by atoms with Crippen molar-refractivity contribution in [3.8, 4) is 23.0 Å². The third kappa shape index (κ3) is 3.08. The van der Waals surface area contributed by atoms with Gasteiger partial charge in [0.1, 0.15) is 29.6 Å². The highest BCUT2D eigenvalue weighted by molar-refractivity contribution is 5.40. The van der Waals surface area contributed by atoms with E-state index < -0.39 is 0 Å². The Morgan fingerprint density at radius 3 is 2.26 bits per heavy atom. The molecule has 0 saturated heterocycles. The minimum Gasteiger partial charge on any atom is -0.508 e. The Labute approximate surface area is 110 Å². The van der Waals surface area contributed by atoms with Gasteiger partial charge in [0.05, 0.1) is 6.61 Å². The van der Waals surface area contributed by atoms with Crippen molar-refractivity contribution in [1.29, 1.82) is 0 Å². The highest BCUT2D eigenvalue weighted by atomic mass is 16.5. The number of aliphatic hydroxyl groups excluding tert-OH is 1. The molecule has 0 aliphatic heterocycles. The van der Waals surface area contributed by atoms with E-state index >= 15 is 0 Å². The van der Waals surface area contributed by atoms with E-state index in [9.17, 15) is 15.3 Å².